The van der Waals surface area contributed by atoms with Crippen molar-refractivity contribution in [1.82, 2.24) is 0 Å². The molecule has 0 bridgehead atoms. The number of hydrogen-bond acceptors (Lipinski definition) is 5. The van der Waals surface area contributed by atoms with Crippen molar-refractivity contribution in [2.75, 3.05) is 6.61 Å². The van der Waals surface area contributed by atoms with Crippen molar-refractivity contribution in [3.8, 4) is 0 Å². The lowest BCUT2D eigenvalue weighted by Gasteiger charge is -2.19. The lowest BCUT2D eigenvalue weighted by molar-refractivity contribution is -0.0322. The van der Waals surface area contributed by atoms with Crippen LogP contribution in [0.2, 0.25) is 0 Å². The average Bonchev–Trinajstić information content (AvgIpc) is 2.90. The minimum Gasteiger partial charge on any atom is -0.459 e. The van der Waals surface area contributed by atoms with Crippen LogP contribution in [-0.4, -0.2) is 36.3 Å². The van der Waals surface area contributed by atoms with Crippen LogP contribution in [0.4, 0.5) is 0 Å². The zero-order valence-electron chi connectivity index (χ0n) is 17.0. The molecule has 142 valence electrons. The molecule has 3 rings (SSSR count). The number of esters is 2. The highest BCUT2D eigenvalue weighted by atomic mass is 35.5. The van der Waals surface area contributed by atoms with Crippen molar-refractivity contribution >= 4 is 23.5 Å². The first-order chi connectivity index (χ1) is 13.7. The summed E-state index contributed by atoms with van der Waals surface area (Å²) in [6.07, 6.45) is -4.51. The molecule has 3 atom stereocenters. The third-order valence-corrected chi connectivity index (χ3v) is 4.34. The summed E-state index contributed by atoms with van der Waals surface area (Å²) < 4.78 is 32.3. The summed E-state index contributed by atoms with van der Waals surface area (Å²) in [4.78, 5) is 24.7. The number of rotatable bonds is 5. The number of hydrogen-bond donors (Lipinski definition) is 0. The Labute approximate surface area is 166 Å². The van der Waals surface area contributed by atoms with Crippen molar-refractivity contribution in [1.29, 1.82) is 0 Å². The van der Waals surface area contributed by atoms with E-state index in [9.17, 15) is 9.59 Å². The van der Waals surface area contributed by atoms with Gasteiger partial charge in [0.15, 0.2) is 0 Å². The molecular weight excluding hydrogens is 368 g/mol. The number of alkyl halides is 1. The van der Waals surface area contributed by atoms with E-state index in [-0.39, 0.29) is 12.2 Å². The average molecular weight is 391 g/mol. The molecule has 1 saturated heterocycles. The van der Waals surface area contributed by atoms with Gasteiger partial charge in [-0.25, -0.2) is 9.59 Å². The van der Waals surface area contributed by atoms with Crippen molar-refractivity contribution in [2.24, 2.45) is 0 Å². The van der Waals surface area contributed by atoms with Crippen LogP contribution in [0.5, 0.6) is 0 Å². The van der Waals surface area contributed by atoms with Gasteiger partial charge in [-0.15, -0.1) is 0 Å². The molecule has 1 heterocycles. The first-order valence-electron chi connectivity index (χ1n) is 9.49. The van der Waals surface area contributed by atoms with Crippen LogP contribution >= 0.6 is 11.6 Å². The molecule has 1 aliphatic heterocycles. The Morgan fingerprint density at radius 1 is 1.04 bits per heavy atom. The summed E-state index contributed by atoms with van der Waals surface area (Å²) in [6.45, 7) is 3.48. The monoisotopic (exact) mass is 390 g/mol. The van der Waals surface area contributed by atoms with E-state index in [0.29, 0.717) is 5.56 Å². The Morgan fingerprint density at radius 2 is 1.56 bits per heavy atom. The lowest BCUT2D eigenvalue weighted by Crippen LogP contribution is -2.32. The summed E-state index contributed by atoms with van der Waals surface area (Å²) in [5, 5.41) is 0. The second-order valence-corrected chi connectivity index (χ2v) is 6.71. The number of ether oxygens (including phenoxy) is 3. The molecule has 5 nitrogen and oxygen atoms in total. The summed E-state index contributed by atoms with van der Waals surface area (Å²) >= 11 is 5.96. The van der Waals surface area contributed by atoms with Gasteiger partial charge in [0.2, 0.25) is 0 Å². The molecule has 0 saturated carbocycles. The summed E-state index contributed by atoms with van der Waals surface area (Å²) in [5.41, 5.74) is 1.26. The Morgan fingerprint density at radius 3 is 2.11 bits per heavy atom. The zero-order valence-corrected chi connectivity index (χ0v) is 15.7. The normalized spacial score (nSPS) is 24.6. The van der Waals surface area contributed by atoms with E-state index < -0.39 is 36.1 Å². The standard InChI is InChI=1S/C21H21ClO5/c1-13-3-7-15(8-4-13)20(23)25-12-18-17(11-19(22)26-18)27-21(24)16-9-5-14(2)6-10-16/h3-10,17-19H,11-12H2,1-2H3/t17-,18+,19-/m0/s1/i11D2. The first-order valence-corrected chi connectivity index (χ1v) is 8.93. The maximum atomic E-state index is 12.4. The third-order valence-electron chi connectivity index (χ3n) is 4.11. The first kappa shape index (κ1) is 16.8. The van der Waals surface area contributed by atoms with Gasteiger partial charge < -0.3 is 14.2 Å². The molecule has 0 N–H and O–H groups in total. The molecule has 0 aliphatic carbocycles. The molecule has 0 spiro atoms. The minimum atomic E-state index is -2.15. The molecule has 0 aromatic heterocycles. The van der Waals surface area contributed by atoms with E-state index in [2.05, 4.69) is 0 Å². The van der Waals surface area contributed by atoms with Gasteiger partial charge in [-0.05, 0) is 38.1 Å². The fourth-order valence-electron chi connectivity index (χ4n) is 2.54. The van der Waals surface area contributed by atoms with Crippen molar-refractivity contribution in [2.45, 2.75) is 38.0 Å². The van der Waals surface area contributed by atoms with E-state index in [4.69, 9.17) is 28.6 Å². The van der Waals surface area contributed by atoms with Gasteiger partial charge >= 0.3 is 11.9 Å². The SMILES string of the molecule is [2H]C1([2H])[C@H](OC(=O)c2ccc(C)cc2)[C@@H](COC(=O)c2ccc(C)cc2)O[C@@H]1Cl. The topological polar surface area (TPSA) is 61.8 Å². The van der Waals surface area contributed by atoms with Crippen molar-refractivity contribution in [3.63, 3.8) is 0 Å². The van der Waals surface area contributed by atoms with Gasteiger partial charge in [0, 0.05) is 9.11 Å². The fraction of sp³-hybridized carbons (Fsp3) is 0.333. The predicted molar refractivity (Wildman–Crippen MR) is 101 cm³/mol. The van der Waals surface area contributed by atoms with Crippen LogP contribution in [0.1, 0.15) is 41.0 Å². The Kier molecular flexibility index (Phi) is 5.31. The largest absolute Gasteiger partial charge is 0.459 e. The molecule has 0 amide bonds. The van der Waals surface area contributed by atoms with Gasteiger partial charge in [-0.2, -0.15) is 0 Å². The smallest absolute Gasteiger partial charge is 0.338 e. The molecule has 2 aromatic carbocycles. The summed E-state index contributed by atoms with van der Waals surface area (Å²) in [5.74, 6) is -1.29. The molecular formula is C21H21ClO5. The highest BCUT2D eigenvalue weighted by molar-refractivity contribution is 6.19. The highest BCUT2D eigenvalue weighted by Crippen LogP contribution is 2.27. The molecule has 0 unspecified atom stereocenters. The van der Waals surface area contributed by atoms with Crippen molar-refractivity contribution < 1.29 is 26.5 Å². The lowest BCUT2D eigenvalue weighted by atomic mass is 10.1. The summed E-state index contributed by atoms with van der Waals surface area (Å²) in [7, 11) is 0. The number of benzene rings is 2. The van der Waals surface area contributed by atoms with Crippen molar-refractivity contribution in [3.05, 3.63) is 70.8 Å². The van der Waals surface area contributed by atoms with Gasteiger partial charge in [-0.1, -0.05) is 47.0 Å². The molecule has 2 aromatic rings. The molecule has 27 heavy (non-hydrogen) atoms. The second-order valence-electron chi connectivity index (χ2n) is 6.31. The van der Waals surface area contributed by atoms with E-state index in [1.807, 2.05) is 13.8 Å². The Hall–Kier alpha value is -2.37. The van der Waals surface area contributed by atoms with Gasteiger partial charge in [0.1, 0.15) is 24.4 Å². The second kappa shape index (κ2) is 8.55. The van der Waals surface area contributed by atoms with Crippen LogP contribution in [0.3, 0.4) is 0 Å². The third kappa shape index (κ3) is 5.08. The molecule has 0 radical (unpaired) electrons. The van der Waals surface area contributed by atoms with Gasteiger partial charge in [0.25, 0.3) is 0 Å². The van der Waals surface area contributed by atoms with E-state index in [0.717, 1.165) is 11.1 Å². The number of carbonyl (C=O) groups excluding carboxylic acids is 2. The van der Waals surface area contributed by atoms with Gasteiger partial charge in [0.05, 0.1) is 11.1 Å². The molecule has 1 fully saturated rings. The highest BCUT2D eigenvalue weighted by Gasteiger charge is 2.38. The van der Waals surface area contributed by atoms with Crippen LogP contribution in [0.15, 0.2) is 48.5 Å². The predicted octanol–water partition coefficient (Wildman–Crippen LogP) is 4.04. The number of carbonyl (C=O) groups is 2. The quantitative estimate of drug-likeness (QED) is 0.569. The molecule has 6 heteroatoms. The van der Waals surface area contributed by atoms with E-state index in [1.165, 1.54) is 0 Å². The van der Waals surface area contributed by atoms with Crippen LogP contribution < -0.4 is 0 Å². The van der Waals surface area contributed by atoms with E-state index in [1.54, 1.807) is 48.5 Å². The Bertz CT molecular complexity index is 883. The minimum absolute atomic E-state index is 0.278. The van der Waals surface area contributed by atoms with Crippen LogP contribution in [0, 0.1) is 13.8 Å². The van der Waals surface area contributed by atoms with Gasteiger partial charge in [-0.3, -0.25) is 0 Å². The Balaban J connectivity index is 1.69. The van der Waals surface area contributed by atoms with Crippen LogP contribution in [-0.2, 0) is 14.2 Å². The fourth-order valence-corrected chi connectivity index (χ4v) is 2.80. The van der Waals surface area contributed by atoms with Crippen LogP contribution in [0.25, 0.3) is 0 Å². The zero-order chi connectivity index (χ0) is 21.2. The molecule has 1 aliphatic rings. The maximum absolute atomic E-state index is 12.4. The number of halogens is 1. The number of aryl methyl sites for hydroxylation is 2. The van der Waals surface area contributed by atoms with E-state index >= 15 is 0 Å². The maximum Gasteiger partial charge on any atom is 0.338 e. The summed E-state index contributed by atoms with van der Waals surface area (Å²) in [6, 6.07) is 13.5.